The topological polar surface area (TPSA) is 41.1 Å². The molecule has 2 atom stereocenters. The maximum atomic E-state index is 11.9. The highest BCUT2D eigenvalue weighted by molar-refractivity contribution is 5.78. The Balaban J connectivity index is 1.98. The summed E-state index contributed by atoms with van der Waals surface area (Å²) in [7, 11) is 0. The molecule has 3 nitrogen and oxygen atoms in total. The number of amides is 1. The van der Waals surface area contributed by atoms with Crippen molar-refractivity contribution >= 4 is 5.91 Å². The van der Waals surface area contributed by atoms with Gasteiger partial charge in [0.05, 0.1) is 6.54 Å². The van der Waals surface area contributed by atoms with E-state index in [2.05, 4.69) is 41.8 Å². The largest absolute Gasteiger partial charge is 0.350 e. The first-order valence-electron chi connectivity index (χ1n) is 7.50. The number of rotatable bonds is 3. The Labute approximate surface area is 122 Å². The molecule has 2 rings (SSSR count). The van der Waals surface area contributed by atoms with Crippen LogP contribution in [0.4, 0.5) is 0 Å². The fourth-order valence-corrected chi connectivity index (χ4v) is 2.90. The van der Waals surface area contributed by atoms with E-state index in [-0.39, 0.29) is 11.4 Å². The standard InChI is InChI=1S/C17H26N2O/c1-12-9-10-15(14-8-6-5-7-13(12)14)18-11-16(20)19-17(2,3)4/h5-8,12,15,18H,9-11H2,1-4H3,(H,19,20). The fourth-order valence-electron chi connectivity index (χ4n) is 2.90. The molecule has 1 aromatic carbocycles. The van der Waals surface area contributed by atoms with Gasteiger partial charge >= 0.3 is 0 Å². The summed E-state index contributed by atoms with van der Waals surface area (Å²) >= 11 is 0. The smallest absolute Gasteiger partial charge is 0.234 e. The molecule has 1 amide bonds. The lowest BCUT2D eigenvalue weighted by molar-refractivity contribution is -0.121. The zero-order chi connectivity index (χ0) is 14.8. The molecule has 0 fully saturated rings. The van der Waals surface area contributed by atoms with Gasteiger partial charge in [-0.1, -0.05) is 31.2 Å². The molecule has 0 spiro atoms. The predicted octanol–water partition coefficient (Wildman–Crippen LogP) is 3.13. The number of nitrogens with one attached hydrogen (secondary N) is 2. The number of benzene rings is 1. The minimum Gasteiger partial charge on any atom is -0.350 e. The van der Waals surface area contributed by atoms with Gasteiger partial charge < -0.3 is 10.6 Å². The minimum absolute atomic E-state index is 0.0635. The van der Waals surface area contributed by atoms with Crippen LogP contribution < -0.4 is 10.6 Å². The number of hydrogen-bond donors (Lipinski definition) is 2. The average molecular weight is 274 g/mol. The summed E-state index contributed by atoms with van der Waals surface area (Å²) in [4.78, 5) is 11.9. The number of hydrogen-bond acceptors (Lipinski definition) is 2. The van der Waals surface area contributed by atoms with Gasteiger partial charge in [-0.2, -0.15) is 0 Å². The van der Waals surface area contributed by atoms with E-state index in [9.17, 15) is 4.79 Å². The zero-order valence-corrected chi connectivity index (χ0v) is 13.0. The normalized spacial score (nSPS) is 22.2. The molecule has 0 saturated carbocycles. The summed E-state index contributed by atoms with van der Waals surface area (Å²) in [6.07, 6.45) is 2.27. The van der Waals surface area contributed by atoms with Crippen molar-refractivity contribution in [1.29, 1.82) is 0 Å². The maximum Gasteiger partial charge on any atom is 0.234 e. The molecular weight excluding hydrogens is 248 g/mol. The first-order valence-corrected chi connectivity index (χ1v) is 7.50. The number of carbonyl (C=O) groups excluding carboxylic acids is 1. The summed E-state index contributed by atoms with van der Waals surface area (Å²) < 4.78 is 0. The summed E-state index contributed by atoms with van der Waals surface area (Å²) in [6, 6.07) is 8.88. The lowest BCUT2D eigenvalue weighted by atomic mass is 9.81. The molecule has 0 aromatic heterocycles. The Morgan fingerprint density at radius 1 is 1.20 bits per heavy atom. The second kappa shape index (κ2) is 5.96. The van der Waals surface area contributed by atoms with Gasteiger partial charge in [0, 0.05) is 11.6 Å². The Morgan fingerprint density at radius 2 is 1.85 bits per heavy atom. The van der Waals surface area contributed by atoms with E-state index in [0.29, 0.717) is 18.5 Å². The van der Waals surface area contributed by atoms with Gasteiger partial charge in [0.15, 0.2) is 0 Å². The van der Waals surface area contributed by atoms with Gasteiger partial charge in [0.25, 0.3) is 0 Å². The van der Waals surface area contributed by atoms with Crippen molar-refractivity contribution < 1.29 is 4.79 Å². The molecular formula is C17H26N2O. The van der Waals surface area contributed by atoms with Crippen molar-refractivity contribution in [3.63, 3.8) is 0 Å². The van der Waals surface area contributed by atoms with Gasteiger partial charge in [-0.05, 0) is 50.7 Å². The van der Waals surface area contributed by atoms with Crippen molar-refractivity contribution in [2.24, 2.45) is 0 Å². The van der Waals surface area contributed by atoms with Crippen LogP contribution in [0.15, 0.2) is 24.3 Å². The summed E-state index contributed by atoms with van der Waals surface area (Å²) in [5.74, 6) is 0.682. The van der Waals surface area contributed by atoms with Gasteiger partial charge in [0.1, 0.15) is 0 Å². The van der Waals surface area contributed by atoms with Crippen molar-refractivity contribution in [2.75, 3.05) is 6.54 Å². The monoisotopic (exact) mass is 274 g/mol. The summed E-state index contributed by atoms with van der Waals surface area (Å²) in [5.41, 5.74) is 2.61. The van der Waals surface area contributed by atoms with E-state index in [1.807, 2.05) is 20.8 Å². The highest BCUT2D eigenvalue weighted by Gasteiger charge is 2.24. The second-order valence-corrected chi connectivity index (χ2v) is 6.84. The minimum atomic E-state index is -0.169. The van der Waals surface area contributed by atoms with Crippen LogP contribution in [0.25, 0.3) is 0 Å². The molecule has 0 aliphatic heterocycles. The first kappa shape index (κ1) is 15.0. The molecule has 110 valence electrons. The number of carbonyl (C=O) groups is 1. The molecule has 1 aromatic rings. The average Bonchev–Trinajstić information content (AvgIpc) is 2.36. The van der Waals surface area contributed by atoms with Crippen LogP contribution in [-0.2, 0) is 4.79 Å². The molecule has 0 bridgehead atoms. The lowest BCUT2D eigenvalue weighted by Crippen LogP contribution is -2.45. The van der Waals surface area contributed by atoms with Gasteiger partial charge in [0.2, 0.25) is 5.91 Å². The second-order valence-electron chi connectivity index (χ2n) is 6.84. The maximum absolute atomic E-state index is 11.9. The molecule has 0 radical (unpaired) electrons. The number of fused-ring (bicyclic) bond motifs is 1. The molecule has 2 unspecified atom stereocenters. The van der Waals surface area contributed by atoms with Crippen LogP contribution >= 0.6 is 0 Å². The molecule has 0 saturated heterocycles. The van der Waals surface area contributed by atoms with Crippen molar-refractivity contribution in [3.05, 3.63) is 35.4 Å². The Kier molecular flexibility index (Phi) is 4.48. The highest BCUT2D eigenvalue weighted by Crippen LogP contribution is 2.36. The fraction of sp³-hybridized carbons (Fsp3) is 0.588. The van der Waals surface area contributed by atoms with E-state index in [0.717, 1.165) is 6.42 Å². The SMILES string of the molecule is CC1CCC(NCC(=O)NC(C)(C)C)c2ccccc21. The highest BCUT2D eigenvalue weighted by atomic mass is 16.2. The third-order valence-corrected chi connectivity index (χ3v) is 3.81. The molecule has 1 aliphatic rings. The van der Waals surface area contributed by atoms with E-state index in [1.54, 1.807) is 0 Å². The van der Waals surface area contributed by atoms with Gasteiger partial charge in [-0.25, -0.2) is 0 Å². The lowest BCUT2D eigenvalue weighted by Gasteiger charge is -2.30. The molecule has 3 heteroatoms. The Hall–Kier alpha value is -1.35. The summed E-state index contributed by atoms with van der Waals surface area (Å²) in [5, 5.41) is 6.40. The predicted molar refractivity (Wildman–Crippen MR) is 82.7 cm³/mol. The quantitative estimate of drug-likeness (QED) is 0.889. The Bertz CT molecular complexity index is 476. The van der Waals surface area contributed by atoms with Crippen LogP contribution in [0.1, 0.15) is 63.6 Å². The first-order chi connectivity index (χ1) is 9.37. The van der Waals surface area contributed by atoms with Crippen LogP contribution in [0, 0.1) is 0 Å². The van der Waals surface area contributed by atoms with Crippen LogP contribution in [0.2, 0.25) is 0 Å². The molecule has 0 heterocycles. The van der Waals surface area contributed by atoms with Crippen molar-refractivity contribution in [2.45, 2.75) is 58.0 Å². The van der Waals surface area contributed by atoms with Gasteiger partial charge in [-0.3, -0.25) is 4.79 Å². The summed E-state index contributed by atoms with van der Waals surface area (Å²) in [6.45, 7) is 8.67. The third-order valence-electron chi connectivity index (χ3n) is 3.81. The van der Waals surface area contributed by atoms with Gasteiger partial charge in [-0.15, -0.1) is 0 Å². The third kappa shape index (κ3) is 3.83. The zero-order valence-electron chi connectivity index (χ0n) is 13.0. The molecule has 1 aliphatic carbocycles. The van der Waals surface area contributed by atoms with E-state index >= 15 is 0 Å². The molecule has 20 heavy (non-hydrogen) atoms. The van der Waals surface area contributed by atoms with E-state index in [1.165, 1.54) is 17.5 Å². The van der Waals surface area contributed by atoms with Crippen molar-refractivity contribution in [1.82, 2.24) is 10.6 Å². The van der Waals surface area contributed by atoms with E-state index in [4.69, 9.17) is 0 Å². The van der Waals surface area contributed by atoms with Crippen LogP contribution in [-0.4, -0.2) is 18.0 Å². The van der Waals surface area contributed by atoms with Crippen molar-refractivity contribution in [3.8, 4) is 0 Å². The molecule has 2 N–H and O–H groups in total. The van der Waals surface area contributed by atoms with Crippen LogP contribution in [0.5, 0.6) is 0 Å². The van der Waals surface area contributed by atoms with E-state index < -0.39 is 0 Å². The Morgan fingerprint density at radius 3 is 2.50 bits per heavy atom. The van der Waals surface area contributed by atoms with Crippen LogP contribution in [0.3, 0.4) is 0 Å².